The van der Waals surface area contributed by atoms with E-state index in [2.05, 4.69) is 31.4 Å². The fourth-order valence-electron chi connectivity index (χ4n) is 5.86. The molecule has 0 aromatic heterocycles. The van der Waals surface area contributed by atoms with E-state index in [1.54, 1.807) is 0 Å². The molecule has 170 valence electrons. The highest BCUT2D eigenvalue weighted by molar-refractivity contribution is 5.65. The Morgan fingerprint density at radius 2 is 1.53 bits per heavy atom. The molecule has 0 radical (unpaired) electrons. The van der Waals surface area contributed by atoms with Gasteiger partial charge in [0, 0.05) is 0 Å². The number of ether oxygens (including phenoxy) is 1. The van der Waals surface area contributed by atoms with Crippen LogP contribution in [-0.2, 0) is 0 Å². The molecule has 0 N–H and O–H groups in total. The zero-order chi connectivity index (χ0) is 22.5. The summed E-state index contributed by atoms with van der Waals surface area (Å²) in [4.78, 5) is 0. The van der Waals surface area contributed by atoms with Crippen molar-refractivity contribution < 1.29 is 13.5 Å². The lowest BCUT2D eigenvalue weighted by Crippen LogP contribution is -2.30. The summed E-state index contributed by atoms with van der Waals surface area (Å²) in [6.45, 7) is 7.45. The van der Waals surface area contributed by atoms with Crippen LogP contribution in [0.25, 0.3) is 11.1 Å². The van der Waals surface area contributed by atoms with Gasteiger partial charge in [0.25, 0.3) is 0 Å². The van der Waals surface area contributed by atoms with Crippen LogP contribution in [0.2, 0.25) is 0 Å². The van der Waals surface area contributed by atoms with Crippen molar-refractivity contribution in [1.29, 1.82) is 0 Å². The molecule has 0 amide bonds. The van der Waals surface area contributed by atoms with Crippen LogP contribution in [-0.4, -0.2) is 6.61 Å². The fourth-order valence-corrected chi connectivity index (χ4v) is 5.86. The molecule has 3 heteroatoms. The first-order valence-electron chi connectivity index (χ1n) is 12.0. The first kappa shape index (κ1) is 22.8. The molecule has 4 atom stereocenters. The molecule has 4 unspecified atom stereocenters. The molecule has 4 rings (SSSR count). The maximum atomic E-state index is 14.3. The summed E-state index contributed by atoms with van der Waals surface area (Å²) in [6, 6.07) is 11.0. The van der Waals surface area contributed by atoms with Crippen LogP contribution in [0.1, 0.15) is 62.8 Å². The summed E-state index contributed by atoms with van der Waals surface area (Å²) in [6.07, 6.45) is 13.9. The highest BCUT2D eigenvalue weighted by atomic mass is 19.1. The van der Waals surface area contributed by atoms with E-state index in [1.165, 1.54) is 68.7 Å². The molecule has 32 heavy (non-hydrogen) atoms. The maximum Gasteiger partial charge on any atom is 0.191 e. The van der Waals surface area contributed by atoms with Gasteiger partial charge in [-0.2, -0.15) is 0 Å². The lowest BCUT2D eigenvalue weighted by Gasteiger charge is -2.42. The number of halogens is 2. The van der Waals surface area contributed by atoms with E-state index in [4.69, 9.17) is 4.74 Å². The second kappa shape index (κ2) is 10.5. The van der Waals surface area contributed by atoms with Gasteiger partial charge in [0.15, 0.2) is 17.4 Å². The third-order valence-corrected chi connectivity index (χ3v) is 7.56. The lowest BCUT2D eigenvalue weighted by molar-refractivity contribution is 0.115. The number of rotatable bonds is 8. The Morgan fingerprint density at radius 3 is 2.22 bits per heavy atom. The first-order chi connectivity index (χ1) is 15.6. The third-order valence-electron chi connectivity index (χ3n) is 7.56. The third kappa shape index (κ3) is 5.14. The van der Waals surface area contributed by atoms with E-state index in [-0.39, 0.29) is 12.4 Å². The zero-order valence-corrected chi connectivity index (χ0v) is 18.9. The average molecular weight is 437 g/mol. The Labute approximate surface area is 191 Å². The molecule has 0 aliphatic heterocycles. The van der Waals surface area contributed by atoms with Gasteiger partial charge in [-0.1, -0.05) is 49.4 Å². The van der Waals surface area contributed by atoms with E-state index in [0.29, 0.717) is 11.5 Å². The van der Waals surface area contributed by atoms with Gasteiger partial charge >= 0.3 is 0 Å². The smallest absolute Gasteiger partial charge is 0.191 e. The topological polar surface area (TPSA) is 9.23 Å². The van der Waals surface area contributed by atoms with Crippen molar-refractivity contribution in [2.45, 2.75) is 57.3 Å². The predicted molar refractivity (Wildman–Crippen MR) is 128 cm³/mol. The molecule has 2 saturated carbocycles. The standard InChI is InChI=1S/C29H34F2O/c1-3-5-6-20-7-8-25-17-24(14-13-23(25)16-20)21-9-11-22(12-10-21)26-18-27(30)29(28(31)19-26)32-15-4-2/h3-4,9-12,18-20,23-25H,1-2,5-8,13-17H2. The van der Waals surface area contributed by atoms with Gasteiger partial charge in [-0.05, 0) is 97.4 Å². The van der Waals surface area contributed by atoms with Crippen molar-refractivity contribution >= 4 is 0 Å². The van der Waals surface area contributed by atoms with E-state index >= 15 is 0 Å². The molecule has 0 bridgehead atoms. The minimum atomic E-state index is -0.687. The summed E-state index contributed by atoms with van der Waals surface area (Å²) in [5.41, 5.74) is 2.70. The molecule has 2 aliphatic rings. The maximum absolute atomic E-state index is 14.3. The van der Waals surface area contributed by atoms with Gasteiger partial charge in [-0.3, -0.25) is 0 Å². The van der Waals surface area contributed by atoms with E-state index < -0.39 is 11.6 Å². The van der Waals surface area contributed by atoms with Gasteiger partial charge < -0.3 is 4.74 Å². The van der Waals surface area contributed by atoms with Crippen LogP contribution in [0.5, 0.6) is 5.75 Å². The predicted octanol–water partition coefficient (Wildman–Crippen LogP) is 8.46. The zero-order valence-electron chi connectivity index (χ0n) is 18.9. The number of hydrogen-bond acceptors (Lipinski definition) is 1. The summed E-state index contributed by atoms with van der Waals surface area (Å²) in [7, 11) is 0. The Balaban J connectivity index is 1.40. The van der Waals surface area contributed by atoms with Crippen molar-refractivity contribution in [3.05, 3.63) is 78.9 Å². The molecule has 0 spiro atoms. The van der Waals surface area contributed by atoms with E-state index in [9.17, 15) is 8.78 Å². The average Bonchev–Trinajstić information content (AvgIpc) is 2.82. The van der Waals surface area contributed by atoms with Crippen LogP contribution in [0, 0.1) is 29.4 Å². The number of fused-ring (bicyclic) bond motifs is 1. The summed E-state index contributed by atoms with van der Waals surface area (Å²) in [5, 5.41) is 0. The van der Waals surface area contributed by atoms with Crippen molar-refractivity contribution in [3.63, 3.8) is 0 Å². The second-order valence-corrected chi connectivity index (χ2v) is 9.57. The lowest BCUT2D eigenvalue weighted by atomic mass is 9.63. The summed E-state index contributed by atoms with van der Waals surface area (Å²) < 4.78 is 33.8. The van der Waals surface area contributed by atoms with Gasteiger partial charge in [0.1, 0.15) is 6.61 Å². The number of benzene rings is 2. The van der Waals surface area contributed by atoms with Crippen molar-refractivity contribution in [2.24, 2.45) is 17.8 Å². The molecule has 1 nitrogen and oxygen atoms in total. The van der Waals surface area contributed by atoms with E-state index in [1.807, 2.05) is 12.1 Å². The van der Waals surface area contributed by atoms with Crippen molar-refractivity contribution in [1.82, 2.24) is 0 Å². The SMILES string of the molecule is C=CCCC1CCC2CC(c3ccc(-c4cc(F)c(OCC=C)c(F)c4)cc3)CCC2C1. The normalized spacial score (nSPS) is 25.1. The Kier molecular flexibility index (Phi) is 7.44. The van der Waals surface area contributed by atoms with Crippen molar-refractivity contribution in [2.75, 3.05) is 6.61 Å². The highest BCUT2D eigenvalue weighted by Gasteiger charge is 2.35. The quantitative estimate of drug-likeness (QED) is 0.377. The van der Waals surface area contributed by atoms with Gasteiger partial charge in [-0.25, -0.2) is 8.78 Å². The molecule has 2 aliphatic carbocycles. The fraction of sp³-hybridized carbons (Fsp3) is 0.448. The first-order valence-corrected chi connectivity index (χ1v) is 12.0. The largest absolute Gasteiger partial charge is 0.483 e. The molecule has 2 aromatic rings. The minimum absolute atomic E-state index is 0.0700. The molecule has 0 saturated heterocycles. The van der Waals surface area contributed by atoms with Gasteiger partial charge in [0.05, 0.1) is 0 Å². The molecular weight excluding hydrogens is 402 g/mol. The number of allylic oxidation sites excluding steroid dienone is 1. The second-order valence-electron chi connectivity index (χ2n) is 9.57. The highest BCUT2D eigenvalue weighted by Crippen LogP contribution is 2.48. The van der Waals surface area contributed by atoms with E-state index in [0.717, 1.165) is 29.7 Å². The van der Waals surface area contributed by atoms with Crippen LogP contribution in [0.4, 0.5) is 8.78 Å². The summed E-state index contributed by atoms with van der Waals surface area (Å²) >= 11 is 0. The monoisotopic (exact) mass is 436 g/mol. The van der Waals surface area contributed by atoms with Crippen LogP contribution in [0.15, 0.2) is 61.7 Å². The molecule has 2 aromatic carbocycles. The van der Waals surface area contributed by atoms with Crippen LogP contribution < -0.4 is 4.74 Å². The summed E-state index contributed by atoms with van der Waals surface area (Å²) in [5.74, 6) is 1.50. The van der Waals surface area contributed by atoms with Gasteiger partial charge in [-0.15, -0.1) is 6.58 Å². The van der Waals surface area contributed by atoms with Crippen molar-refractivity contribution in [3.8, 4) is 16.9 Å². The number of hydrogen-bond donors (Lipinski definition) is 0. The van der Waals surface area contributed by atoms with Crippen LogP contribution in [0.3, 0.4) is 0 Å². The molecular formula is C29H34F2O. The Bertz CT molecular complexity index is 910. The molecule has 2 fully saturated rings. The van der Waals surface area contributed by atoms with Crippen LogP contribution >= 0.6 is 0 Å². The Hall–Kier alpha value is -2.42. The Morgan fingerprint density at radius 1 is 0.844 bits per heavy atom. The van der Waals surface area contributed by atoms with Gasteiger partial charge in [0.2, 0.25) is 0 Å². The minimum Gasteiger partial charge on any atom is -0.483 e. The molecule has 0 heterocycles.